The van der Waals surface area contributed by atoms with Crippen LogP contribution in [0.2, 0.25) is 0 Å². The maximum absolute atomic E-state index is 11.9. The summed E-state index contributed by atoms with van der Waals surface area (Å²) in [7, 11) is 0. The third-order valence-electron chi connectivity index (χ3n) is 2.63. The fraction of sp³-hybridized carbons (Fsp3) is 0.0769. The number of nitrogens with zero attached hydrogens (tertiary/aromatic N) is 2. The molecule has 102 valence electrons. The van der Waals surface area contributed by atoms with Crippen molar-refractivity contribution in [2.24, 2.45) is 0 Å². The summed E-state index contributed by atoms with van der Waals surface area (Å²) >= 11 is 0. The summed E-state index contributed by atoms with van der Waals surface area (Å²) in [6.45, 7) is 0. The van der Waals surface area contributed by atoms with Crippen LogP contribution in [0.15, 0.2) is 50.9 Å². The SMILES string of the molecule is C.O=c1ccn(-c2nc3ccccc3[nH]c2=O)c(=O)[nH]1. The highest BCUT2D eigenvalue weighted by Crippen LogP contribution is 2.06. The van der Waals surface area contributed by atoms with E-state index < -0.39 is 16.8 Å². The van der Waals surface area contributed by atoms with Crippen molar-refractivity contribution in [1.29, 1.82) is 0 Å². The molecule has 0 aliphatic rings. The van der Waals surface area contributed by atoms with Crippen LogP contribution in [-0.2, 0) is 0 Å². The molecule has 0 aliphatic carbocycles. The Balaban J connectivity index is 0.00000147. The second-order valence-corrected chi connectivity index (χ2v) is 3.89. The largest absolute Gasteiger partial charge is 0.334 e. The first-order valence-corrected chi connectivity index (χ1v) is 5.46. The van der Waals surface area contributed by atoms with E-state index in [2.05, 4.69) is 15.0 Å². The summed E-state index contributed by atoms with van der Waals surface area (Å²) in [6, 6.07) is 8.12. The van der Waals surface area contributed by atoms with Gasteiger partial charge in [0.1, 0.15) is 0 Å². The molecule has 0 saturated heterocycles. The van der Waals surface area contributed by atoms with E-state index in [4.69, 9.17) is 0 Å². The van der Waals surface area contributed by atoms with Crippen LogP contribution in [0.5, 0.6) is 0 Å². The van der Waals surface area contributed by atoms with Crippen LogP contribution < -0.4 is 16.8 Å². The third kappa shape index (κ3) is 2.16. The number of aromatic nitrogens is 4. The number of hydrogen-bond acceptors (Lipinski definition) is 4. The number of fused-ring (bicyclic) bond motifs is 1. The zero-order chi connectivity index (χ0) is 13.4. The summed E-state index contributed by atoms with van der Waals surface area (Å²) in [4.78, 5) is 43.4. The summed E-state index contributed by atoms with van der Waals surface area (Å²) < 4.78 is 0.993. The van der Waals surface area contributed by atoms with Crippen LogP contribution in [0.3, 0.4) is 0 Å². The van der Waals surface area contributed by atoms with Crippen LogP contribution in [0.25, 0.3) is 16.9 Å². The molecule has 7 heteroatoms. The fourth-order valence-electron chi connectivity index (χ4n) is 1.77. The van der Waals surface area contributed by atoms with Gasteiger partial charge in [-0.15, -0.1) is 0 Å². The zero-order valence-corrected chi connectivity index (χ0v) is 9.58. The van der Waals surface area contributed by atoms with Gasteiger partial charge in [0.25, 0.3) is 11.1 Å². The van der Waals surface area contributed by atoms with Crippen LogP contribution in [0, 0.1) is 0 Å². The van der Waals surface area contributed by atoms with E-state index in [0.29, 0.717) is 11.0 Å². The van der Waals surface area contributed by atoms with Crippen LogP contribution >= 0.6 is 0 Å². The number of benzene rings is 1. The van der Waals surface area contributed by atoms with E-state index in [-0.39, 0.29) is 13.2 Å². The van der Waals surface area contributed by atoms with E-state index >= 15 is 0 Å². The zero-order valence-electron chi connectivity index (χ0n) is 9.58. The van der Waals surface area contributed by atoms with Gasteiger partial charge in [-0.05, 0) is 12.1 Å². The van der Waals surface area contributed by atoms with Gasteiger partial charge in [-0.2, -0.15) is 0 Å². The van der Waals surface area contributed by atoms with Gasteiger partial charge in [0.15, 0.2) is 0 Å². The second-order valence-electron chi connectivity index (χ2n) is 3.89. The van der Waals surface area contributed by atoms with Crippen molar-refractivity contribution in [3.8, 4) is 5.82 Å². The molecule has 3 rings (SSSR count). The first kappa shape index (κ1) is 13.5. The van der Waals surface area contributed by atoms with Crippen molar-refractivity contribution in [1.82, 2.24) is 19.5 Å². The topological polar surface area (TPSA) is 101 Å². The van der Waals surface area contributed by atoms with Crippen molar-refractivity contribution in [2.75, 3.05) is 0 Å². The molecular weight excluding hydrogens is 260 g/mol. The average molecular weight is 272 g/mol. The monoisotopic (exact) mass is 272 g/mol. The molecular formula is C13H12N4O3. The van der Waals surface area contributed by atoms with Crippen molar-refractivity contribution in [2.45, 2.75) is 7.43 Å². The smallest absolute Gasteiger partial charge is 0.317 e. The Morgan fingerprint density at radius 3 is 2.50 bits per heavy atom. The van der Waals surface area contributed by atoms with E-state index in [1.165, 1.54) is 6.20 Å². The van der Waals surface area contributed by atoms with Gasteiger partial charge in [-0.25, -0.2) is 14.3 Å². The van der Waals surface area contributed by atoms with Crippen molar-refractivity contribution in [3.63, 3.8) is 0 Å². The molecule has 0 saturated carbocycles. The van der Waals surface area contributed by atoms with Crippen LogP contribution in [0.4, 0.5) is 0 Å². The predicted octanol–water partition coefficient (Wildman–Crippen LogP) is 0.398. The standard InChI is InChI=1S/C12H8N4O3.CH4/c17-9-5-6-16(12(19)15-9)10-11(18)14-8-4-2-1-3-7(8)13-10;/h1-6H,(H,14,18)(H,15,17,19);1H4. The molecule has 1 aromatic carbocycles. The highest BCUT2D eigenvalue weighted by Gasteiger charge is 2.08. The Labute approximate surface area is 112 Å². The maximum Gasteiger partial charge on any atom is 0.334 e. The lowest BCUT2D eigenvalue weighted by Crippen LogP contribution is -2.31. The Morgan fingerprint density at radius 1 is 1.00 bits per heavy atom. The van der Waals surface area contributed by atoms with Crippen molar-refractivity contribution >= 4 is 11.0 Å². The summed E-state index contributed by atoms with van der Waals surface area (Å²) in [5.74, 6) is -0.0834. The minimum absolute atomic E-state index is 0. The average Bonchev–Trinajstić information content (AvgIpc) is 2.38. The van der Waals surface area contributed by atoms with E-state index in [1.807, 2.05) is 0 Å². The van der Waals surface area contributed by atoms with Gasteiger partial charge in [0, 0.05) is 12.3 Å². The molecule has 7 nitrogen and oxygen atoms in total. The number of hydrogen-bond donors (Lipinski definition) is 2. The van der Waals surface area contributed by atoms with Crippen molar-refractivity contribution in [3.05, 3.63) is 67.7 Å². The third-order valence-corrected chi connectivity index (χ3v) is 2.63. The molecule has 0 atom stereocenters. The second kappa shape index (κ2) is 4.96. The van der Waals surface area contributed by atoms with Gasteiger partial charge in [0.2, 0.25) is 5.82 Å². The molecule has 2 aromatic heterocycles. The molecule has 0 spiro atoms. The van der Waals surface area contributed by atoms with Crippen LogP contribution in [0.1, 0.15) is 7.43 Å². The summed E-state index contributed by atoms with van der Waals surface area (Å²) in [5, 5.41) is 0. The van der Waals surface area contributed by atoms with E-state index in [1.54, 1.807) is 24.3 Å². The molecule has 2 N–H and O–H groups in total. The Bertz CT molecular complexity index is 936. The van der Waals surface area contributed by atoms with Gasteiger partial charge < -0.3 is 4.98 Å². The number of nitrogens with one attached hydrogen (secondary N) is 2. The van der Waals surface area contributed by atoms with Gasteiger partial charge in [-0.3, -0.25) is 14.6 Å². The van der Waals surface area contributed by atoms with Gasteiger partial charge in [-0.1, -0.05) is 19.6 Å². The maximum atomic E-state index is 11.9. The minimum Gasteiger partial charge on any atom is -0.317 e. The highest BCUT2D eigenvalue weighted by atomic mass is 16.2. The Hall–Kier alpha value is -2.96. The summed E-state index contributed by atoms with van der Waals surface area (Å²) in [5.41, 5.74) is -0.615. The number of H-pyrrole nitrogens is 2. The van der Waals surface area contributed by atoms with Gasteiger partial charge >= 0.3 is 5.69 Å². The van der Waals surface area contributed by atoms with Crippen molar-refractivity contribution < 1.29 is 0 Å². The lowest BCUT2D eigenvalue weighted by atomic mass is 10.3. The molecule has 0 aliphatic heterocycles. The fourth-order valence-corrected chi connectivity index (χ4v) is 1.77. The Kier molecular flexibility index (Phi) is 3.34. The van der Waals surface area contributed by atoms with E-state index in [0.717, 1.165) is 10.6 Å². The quantitative estimate of drug-likeness (QED) is 0.669. The molecule has 3 aromatic rings. The first-order valence-electron chi connectivity index (χ1n) is 5.46. The molecule has 0 amide bonds. The molecule has 0 unspecified atom stereocenters. The normalized spacial score (nSPS) is 10.2. The lowest BCUT2D eigenvalue weighted by molar-refractivity contribution is 0.856. The summed E-state index contributed by atoms with van der Waals surface area (Å²) in [6.07, 6.45) is 1.22. The highest BCUT2D eigenvalue weighted by molar-refractivity contribution is 5.74. The number of aromatic amines is 2. The lowest BCUT2D eigenvalue weighted by Gasteiger charge is -2.03. The Morgan fingerprint density at radius 2 is 1.75 bits per heavy atom. The predicted molar refractivity (Wildman–Crippen MR) is 75.3 cm³/mol. The number of rotatable bonds is 1. The van der Waals surface area contributed by atoms with Gasteiger partial charge in [0.05, 0.1) is 11.0 Å². The molecule has 0 fully saturated rings. The molecule has 0 bridgehead atoms. The molecule has 2 heterocycles. The molecule has 20 heavy (non-hydrogen) atoms. The first-order chi connectivity index (χ1) is 9.15. The number of para-hydroxylation sites is 2. The minimum atomic E-state index is -0.708. The van der Waals surface area contributed by atoms with E-state index in [9.17, 15) is 14.4 Å². The van der Waals surface area contributed by atoms with Crippen LogP contribution in [-0.4, -0.2) is 19.5 Å². The molecule has 0 radical (unpaired) electrons.